The molecule has 3 rings (SSSR count). The maximum absolute atomic E-state index is 11.9. The minimum absolute atomic E-state index is 0.0532. The van der Waals surface area contributed by atoms with Gasteiger partial charge in [0.05, 0.1) is 18.8 Å². The molecule has 1 unspecified atom stereocenters. The molecule has 2 amide bonds. The average molecular weight is 393 g/mol. The summed E-state index contributed by atoms with van der Waals surface area (Å²) in [6, 6.07) is 20.1. The van der Waals surface area contributed by atoms with Crippen LogP contribution in [-0.2, 0) is 17.8 Å². The van der Waals surface area contributed by atoms with Crippen LogP contribution in [0.25, 0.3) is 0 Å². The van der Waals surface area contributed by atoms with E-state index in [1.54, 1.807) is 6.20 Å². The molecule has 2 N–H and O–H groups in total. The van der Waals surface area contributed by atoms with Gasteiger partial charge in [-0.25, -0.2) is 4.79 Å². The Balaban J connectivity index is 1.28. The smallest absolute Gasteiger partial charge is 0.315 e. The van der Waals surface area contributed by atoms with Crippen LogP contribution in [0.2, 0.25) is 0 Å². The van der Waals surface area contributed by atoms with Crippen molar-refractivity contribution in [3.63, 3.8) is 0 Å². The van der Waals surface area contributed by atoms with Gasteiger partial charge < -0.3 is 15.4 Å². The van der Waals surface area contributed by atoms with Gasteiger partial charge >= 0.3 is 6.03 Å². The van der Waals surface area contributed by atoms with Crippen molar-refractivity contribution in [2.75, 3.05) is 13.2 Å². The van der Waals surface area contributed by atoms with Crippen LogP contribution in [0.3, 0.4) is 0 Å². The molecule has 1 aromatic heterocycles. The van der Waals surface area contributed by atoms with Gasteiger partial charge in [-0.15, -0.1) is 0 Å². The Morgan fingerprint density at radius 3 is 2.52 bits per heavy atom. The zero-order valence-corrected chi connectivity index (χ0v) is 16.8. The lowest BCUT2D eigenvalue weighted by Gasteiger charge is -2.13. The third kappa shape index (κ3) is 7.08. The van der Waals surface area contributed by atoms with Crippen molar-refractivity contribution in [3.8, 4) is 0 Å². The van der Waals surface area contributed by atoms with Crippen LogP contribution in [0.1, 0.15) is 36.1 Å². The summed E-state index contributed by atoms with van der Waals surface area (Å²) >= 11 is 0. The molecule has 3 aromatic rings. The van der Waals surface area contributed by atoms with E-state index < -0.39 is 0 Å². The number of hydrogen-bond donors (Lipinski definition) is 2. The Kier molecular flexibility index (Phi) is 7.83. The van der Waals surface area contributed by atoms with Gasteiger partial charge in [0.15, 0.2) is 0 Å². The van der Waals surface area contributed by atoms with Gasteiger partial charge in [0.1, 0.15) is 0 Å². The highest BCUT2D eigenvalue weighted by atomic mass is 16.5. The number of urea groups is 1. The van der Waals surface area contributed by atoms with E-state index in [1.807, 2.05) is 54.2 Å². The number of hydrogen-bond acceptors (Lipinski definition) is 3. The van der Waals surface area contributed by atoms with Crippen LogP contribution in [0.4, 0.5) is 4.79 Å². The summed E-state index contributed by atoms with van der Waals surface area (Å²) in [4.78, 5) is 11.9. The van der Waals surface area contributed by atoms with Gasteiger partial charge in [0, 0.05) is 31.5 Å². The van der Waals surface area contributed by atoms with Gasteiger partial charge in [-0.3, -0.25) is 4.68 Å². The molecule has 6 nitrogen and oxygen atoms in total. The Morgan fingerprint density at radius 2 is 1.76 bits per heavy atom. The second-order valence-corrected chi connectivity index (χ2v) is 6.92. The molecule has 0 bridgehead atoms. The molecular formula is C23H28N4O2. The molecule has 6 heteroatoms. The highest BCUT2D eigenvalue weighted by molar-refractivity contribution is 5.73. The highest BCUT2D eigenvalue weighted by Crippen LogP contribution is 2.15. The van der Waals surface area contributed by atoms with Crippen LogP contribution in [0, 0.1) is 0 Å². The molecular weight excluding hydrogens is 364 g/mol. The molecule has 2 aromatic carbocycles. The van der Waals surface area contributed by atoms with Gasteiger partial charge in [-0.05, 0) is 24.5 Å². The fourth-order valence-electron chi connectivity index (χ4n) is 2.95. The summed E-state index contributed by atoms with van der Waals surface area (Å²) < 4.78 is 7.68. The Hall–Kier alpha value is -3.12. The van der Waals surface area contributed by atoms with E-state index in [-0.39, 0.29) is 12.1 Å². The zero-order valence-electron chi connectivity index (χ0n) is 16.8. The summed E-state index contributed by atoms with van der Waals surface area (Å²) in [5.74, 6) is 0. The third-order valence-corrected chi connectivity index (χ3v) is 4.57. The number of nitrogens with one attached hydrogen (secondary N) is 2. The SMILES string of the molecule is CC(OCCCNC(=O)NCc1cnn(Cc2ccccc2)c1)c1ccccc1. The van der Waals surface area contributed by atoms with Gasteiger partial charge in [0.2, 0.25) is 0 Å². The second kappa shape index (κ2) is 11.0. The van der Waals surface area contributed by atoms with Crippen LogP contribution in [-0.4, -0.2) is 29.0 Å². The molecule has 0 fully saturated rings. The third-order valence-electron chi connectivity index (χ3n) is 4.57. The average Bonchev–Trinajstić information content (AvgIpc) is 3.20. The van der Waals surface area contributed by atoms with Crippen molar-refractivity contribution >= 4 is 6.03 Å². The van der Waals surface area contributed by atoms with E-state index in [4.69, 9.17) is 4.74 Å². The molecule has 0 spiro atoms. The first-order valence-corrected chi connectivity index (χ1v) is 9.94. The van der Waals surface area contributed by atoms with Crippen molar-refractivity contribution < 1.29 is 9.53 Å². The van der Waals surface area contributed by atoms with Gasteiger partial charge in [-0.2, -0.15) is 5.10 Å². The van der Waals surface area contributed by atoms with Crippen molar-refractivity contribution in [2.24, 2.45) is 0 Å². The molecule has 152 valence electrons. The lowest BCUT2D eigenvalue weighted by molar-refractivity contribution is 0.0644. The Labute approximate surface area is 171 Å². The number of aromatic nitrogens is 2. The van der Waals surface area contributed by atoms with Gasteiger partial charge in [0.25, 0.3) is 0 Å². The molecule has 1 atom stereocenters. The monoisotopic (exact) mass is 392 g/mol. The fraction of sp³-hybridized carbons (Fsp3) is 0.304. The quantitative estimate of drug-likeness (QED) is 0.514. The van der Waals surface area contributed by atoms with Crippen molar-refractivity contribution in [2.45, 2.75) is 32.5 Å². The van der Waals surface area contributed by atoms with E-state index in [9.17, 15) is 4.79 Å². The first-order chi connectivity index (χ1) is 14.2. The van der Waals surface area contributed by atoms with Gasteiger partial charge in [-0.1, -0.05) is 60.7 Å². The predicted molar refractivity (Wildman–Crippen MR) is 113 cm³/mol. The second-order valence-electron chi connectivity index (χ2n) is 6.92. The van der Waals surface area contributed by atoms with Crippen molar-refractivity contribution in [3.05, 3.63) is 89.7 Å². The molecule has 0 aliphatic carbocycles. The molecule has 0 radical (unpaired) electrons. The van der Waals surface area contributed by atoms with Crippen LogP contribution in [0.5, 0.6) is 0 Å². The number of carbonyl (C=O) groups is 1. The van der Waals surface area contributed by atoms with E-state index >= 15 is 0 Å². The van der Waals surface area contributed by atoms with Crippen molar-refractivity contribution in [1.29, 1.82) is 0 Å². The van der Waals surface area contributed by atoms with Crippen LogP contribution < -0.4 is 10.6 Å². The maximum Gasteiger partial charge on any atom is 0.315 e. The molecule has 0 aliphatic heterocycles. The fourth-order valence-corrected chi connectivity index (χ4v) is 2.95. The number of ether oxygens (including phenoxy) is 1. The van der Waals surface area contributed by atoms with Crippen LogP contribution >= 0.6 is 0 Å². The standard InChI is InChI=1S/C23H28N4O2/c1-19(22-11-6-3-7-12-22)29-14-8-13-24-23(28)25-15-21-16-26-27(18-21)17-20-9-4-2-5-10-20/h2-7,9-12,16,18-19H,8,13-15,17H2,1H3,(H2,24,25,28). The number of carbonyl (C=O) groups excluding carboxylic acids is 1. The molecule has 0 saturated carbocycles. The lowest BCUT2D eigenvalue weighted by atomic mass is 10.1. The van der Waals surface area contributed by atoms with E-state index in [1.165, 1.54) is 5.56 Å². The lowest BCUT2D eigenvalue weighted by Crippen LogP contribution is -2.35. The number of rotatable bonds is 10. The molecule has 1 heterocycles. The zero-order chi connectivity index (χ0) is 20.3. The maximum atomic E-state index is 11.9. The number of benzene rings is 2. The van der Waals surface area contributed by atoms with E-state index in [0.717, 1.165) is 17.5 Å². The largest absolute Gasteiger partial charge is 0.374 e. The predicted octanol–water partition coefficient (Wildman–Crippen LogP) is 3.90. The Bertz CT molecular complexity index is 865. The van der Waals surface area contributed by atoms with E-state index in [2.05, 4.69) is 40.0 Å². The normalized spacial score (nSPS) is 11.8. The summed E-state index contributed by atoms with van der Waals surface area (Å²) in [5, 5.41) is 10.1. The topological polar surface area (TPSA) is 68.2 Å². The Morgan fingerprint density at radius 1 is 1.03 bits per heavy atom. The summed E-state index contributed by atoms with van der Waals surface area (Å²) in [5.41, 5.74) is 3.32. The minimum atomic E-state index is -0.183. The summed E-state index contributed by atoms with van der Waals surface area (Å²) in [7, 11) is 0. The van der Waals surface area contributed by atoms with Crippen LogP contribution in [0.15, 0.2) is 73.1 Å². The highest BCUT2D eigenvalue weighted by Gasteiger charge is 2.05. The first-order valence-electron chi connectivity index (χ1n) is 9.94. The molecule has 0 saturated heterocycles. The summed E-state index contributed by atoms with van der Waals surface area (Å²) in [6.07, 6.45) is 4.55. The molecule has 0 aliphatic rings. The first kappa shape index (κ1) is 20.6. The summed E-state index contributed by atoms with van der Waals surface area (Å²) in [6.45, 7) is 4.37. The van der Waals surface area contributed by atoms with E-state index in [0.29, 0.717) is 26.2 Å². The minimum Gasteiger partial charge on any atom is -0.374 e. The number of amides is 2. The van der Waals surface area contributed by atoms with Crippen molar-refractivity contribution in [1.82, 2.24) is 20.4 Å². The number of nitrogens with zero attached hydrogens (tertiary/aromatic N) is 2. The molecule has 29 heavy (non-hydrogen) atoms.